The summed E-state index contributed by atoms with van der Waals surface area (Å²) < 4.78 is 5.87. The van der Waals surface area contributed by atoms with Crippen molar-refractivity contribution in [3.05, 3.63) is 76.0 Å². The third kappa shape index (κ3) is 4.09. The SMILES string of the molecule is Clc1cccc(Cl)c1-c1noc(C2CC2)c1/C=C/C12CCN(c3ccc4nc(-c5nnn[nH]5)ccc4c3)CC1C2. The van der Waals surface area contributed by atoms with Crippen molar-refractivity contribution in [1.29, 1.82) is 0 Å². The molecule has 0 radical (unpaired) electrons. The second-order valence-corrected chi connectivity index (χ2v) is 12.0. The number of rotatable bonds is 6. The average Bonchev–Trinajstić information content (AvgIpc) is 3.83. The fourth-order valence-electron chi connectivity index (χ4n) is 6.15. The lowest BCUT2D eigenvalue weighted by Gasteiger charge is -2.32. The number of hydrogen-bond acceptors (Lipinski definition) is 7. The second kappa shape index (κ2) is 9.14. The molecule has 2 saturated carbocycles. The first-order chi connectivity index (χ1) is 19.6. The van der Waals surface area contributed by atoms with Gasteiger partial charge < -0.3 is 9.42 Å². The van der Waals surface area contributed by atoms with Gasteiger partial charge in [0.15, 0.2) is 5.82 Å². The summed E-state index contributed by atoms with van der Waals surface area (Å²) in [5.74, 6) is 2.57. The van der Waals surface area contributed by atoms with Gasteiger partial charge in [0.25, 0.3) is 0 Å². The van der Waals surface area contributed by atoms with Crippen LogP contribution in [0, 0.1) is 11.3 Å². The van der Waals surface area contributed by atoms with E-state index in [0.717, 1.165) is 71.5 Å². The Kier molecular flexibility index (Phi) is 5.50. The van der Waals surface area contributed by atoms with Gasteiger partial charge in [0, 0.05) is 41.2 Å². The molecule has 3 aromatic heterocycles. The summed E-state index contributed by atoms with van der Waals surface area (Å²) in [6.45, 7) is 2.04. The quantitative estimate of drug-likeness (QED) is 0.231. The highest BCUT2D eigenvalue weighted by atomic mass is 35.5. The Morgan fingerprint density at radius 1 is 1.07 bits per heavy atom. The molecule has 2 aromatic carbocycles. The Labute approximate surface area is 240 Å². The van der Waals surface area contributed by atoms with E-state index in [4.69, 9.17) is 32.7 Å². The lowest BCUT2D eigenvalue weighted by molar-refractivity contribution is 0.386. The van der Waals surface area contributed by atoms with Crippen LogP contribution in [0.4, 0.5) is 5.69 Å². The highest BCUT2D eigenvalue weighted by Crippen LogP contribution is 2.60. The molecule has 4 heterocycles. The predicted molar refractivity (Wildman–Crippen MR) is 155 cm³/mol. The van der Waals surface area contributed by atoms with Gasteiger partial charge in [-0.25, -0.2) is 10.1 Å². The Bertz CT molecular complexity index is 1760. The minimum atomic E-state index is 0.217. The highest BCUT2D eigenvalue weighted by Gasteiger charge is 2.54. The summed E-state index contributed by atoms with van der Waals surface area (Å²) in [5.41, 5.74) is 5.63. The van der Waals surface area contributed by atoms with Crippen LogP contribution in [0.5, 0.6) is 0 Å². The molecular formula is C30H25Cl2N7O. The number of H-pyrrole nitrogens is 1. The van der Waals surface area contributed by atoms with Crippen molar-refractivity contribution < 1.29 is 4.52 Å². The van der Waals surface area contributed by atoms with Crippen molar-refractivity contribution in [2.75, 3.05) is 18.0 Å². The number of halogens is 2. The molecule has 1 aliphatic heterocycles. The minimum absolute atomic E-state index is 0.217. The van der Waals surface area contributed by atoms with Gasteiger partial charge in [-0.2, -0.15) is 0 Å². The van der Waals surface area contributed by atoms with E-state index in [1.54, 1.807) is 0 Å². The molecule has 0 amide bonds. The van der Waals surface area contributed by atoms with Crippen LogP contribution in [0.15, 0.2) is 59.1 Å². The van der Waals surface area contributed by atoms with Crippen LogP contribution in [0.1, 0.15) is 42.9 Å². The van der Waals surface area contributed by atoms with E-state index in [1.165, 1.54) is 12.1 Å². The Morgan fingerprint density at radius 2 is 1.95 bits per heavy atom. The number of fused-ring (bicyclic) bond motifs is 2. The Morgan fingerprint density at radius 3 is 2.73 bits per heavy atom. The van der Waals surface area contributed by atoms with Gasteiger partial charge in [0.05, 0.1) is 15.6 Å². The molecule has 8 rings (SSSR count). The molecule has 3 fully saturated rings. The summed E-state index contributed by atoms with van der Waals surface area (Å²) in [6, 6.07) is 16.1. The fraction of sp³-hybridized carbons (Fsp3) is 0.300. The van der Waals surface area contributed by atoms with Crippen LogP contribution in [0.25, 0.3) is 39.8 Å². The predicted octanol–water partition coefficient (Wildman–Crippen LogP) is 7.18. The molecule has 40 heavy (non-hydrogen) atoms. The zero-order valence-electron chi connectivity index (χ0n) is 21.5. The first kappa shape index (κ1) is 24.1. The Balaban J connectivity index is 1.03. The van der Waals surface area contributed by atoms with Gasteiger partial charge in [-0.1, -0.05) is 52.6 Å². The molecule has 1 saturated heterocycles. The summed E-state index contributed by atoms with van der Waals surface area (Å²) in [5, 5.41) is 20.8. The molecule has 5 aromatic rings. The van der Waals surface area contributed by atoms with E-state index in [2.05, 4.69) is 67.1 Å². The lowest BCUT2D eigenvalue weighted by atomic mass is 9.92. The van der Waals surface area contributed by atoms with Gasteiger partial charge in [0.1, 0.15) is 17.1 Å². The molecule has 8 nitrogen and oxygen atoms in total. The van der Waals surface area contributed by atoms with Crippen molar-refractivity contribution in [1.82, 2.24) is 30.8 Å². The van der Waals surface area contributed by atoms with Crippen LogP contribution in [0.3, 0.4) is 0 Å². The number of hydrogen-bond donors (Lipinski definition) is 1. The Hall–Kier alpha value is -3.75. The molecule has 2 aliphatic carbocycles. The zero-order valence-corrected chi connectivity index (χ0v) is 23.0. The standard InChI is InChI=1S/C30H25Cl2N7O/c31-22-2-1-3-23(32)26(22)27-21(28(40-36-27)17-4-5-17)10-11-30-12-13-39(16-19(30)15-30)20-7-9-24-18(14-20)6-8-25(33-24)29-34-37-38-35-29/h1-3,6-11,14,17,19H,4-5,12-13,15-16H2,(H,34,35,37,38)/b11-10+. The first-order valence-corrected chi connectivity index (χ1v) is 14.4. The smallest absolute Gasteiger partial charge is 0.198 e. The molecular weight excluding hydrogens is 545 g/mol. The molecule has 0 bridgehead atoms. The van der Waals surface area contributed by atoms with Gasteiger partial charge in [0.2, 0.25) is 0 Å². The molecule has 200 valence electrons. The summed E-state index contributed by atoms with van der Waals surface area (Å²) >= 11 is 13.1. The first-order valence-electron chi connectivity index (χ1n) is 13.6. The zero-order chi connectivity index (χ0) is 26.8. The van der Waals surface area contributed by atoms with E-state index in [9.17, 15) is 0 Å². The van der Waals surface area contributed by atoms with E-state index >= 15 is 0 Å². The number of allylic oxidation sites excluding steroid dienone is 1. The number of benzene rings is 2. The van der Waals surface area contributed by atoms with E-state index in [0.29, 0.717) is 27.7 Å². The average molecular weight is 570 g/mol. The summed E-state index contributed by atoms with van der Waals surface area (Å²) in [4.78, 5) is 7.22. The molecule has 2 unspecified atom stereocenters. The maximum Gasteiger partial charge on any atom is 0.198 e. The normalized spacial score (nSPS) is 22.2. The highest BCUT2D eigenvalue weighted by molar-refractivity contribution is 6.39. The molecule has 2 atom stereocenters. The number of pyridine rings is 1. The van der Waals surface area contributed by atoms with Gasteiger partial charge in [-0.15, -0.1) is 5.10 Å². The van der Waals surface area contributed by atoms with Crippen molar-refractivity contribution in [2.45, 2.75) is 31.6 Å². The number of piperidine rings is 1. The third-order valence-corrected chi connectivity index (χ3v) is 9.31. The summed E-state index contributed by atoms with van der Waals surface area (Å²) in [6.07, 6.45) is 9.21. The van der Waals surface area contributed by atoms with Crippen LogP contribution in [-0.4, -0.2) is 43.9 Å². The van der Waals surface area contributed by atoms with Crippen LogP contribution >= 0.6 is 23.2 Å². The van der Waals surface area contributed by atoms with Crippen molar-refractivity contribution in [3.8, 4) is 22.8 Å². The number of nitrogens with one attached hydrogen (secondary N) is 1. The van der Waals surface area contributed by atoms with Gasteiger partial charge in [-0.3, -0.25) is 0 Å². The van der Waals surface area contributed by atoms with Crippen molar-refractivity contribution in [2.24, 2.45) is 11.3 Å². The fourth-order valence-corrected chi connectivity index (χ4v) is 6.72. The van der Waals surface area contributed by atoms with Crippen LogP contribution in [0.2, 0.25) is 10.0 Å². The lowest BCUT2D eigenvalue weighted by Crippen LogP contribution is -2.34. The minimum Gasteiger partial charge on any atom is -0.371 e. The molecule has 1 N–H and O–H groups in total. The van der Waals surface area contributed by atoms with E-state index in [-0.39, 0.29) is 5.41 Å². The van der Waals surface area contributed by atoms with E-state index in [1.807, 2.05) is 24.3 Å². The number of anilines is 1. The van der Waals surface area contributed by atoms with Gasteiger partial charge >= 0.3 is 0 Å². The van der Waals surface area contributed by atoms with E-state index < -0.39 is 0 Å². The van der Waals surface area contributed by atoms with Crippen molar-refractivity contribution in [3.63, 3.8) is 0 Å². The monoisotopic (exact) mass is 569 g/mol. The number of aromatic nitrogens is 6. The van der Waals surface area contributed by atoms with Crippen LogP contribution < -0.4 is 4.90 Å². The van der Waals surface area contributed by atoms with Gasteiger partial charge in [-0.05, 0) is 83.8 Å². The number of aromatic amines is 1. The molecule has 10 heteroatoms. The largest absolute Gasteiger partial charge is 0.371 e. The molecule has 3 aliphatic rings. The molecule has 0 spiro atoms. The summed E-state index contributed by atoms with van der Waals surface area (Å²) in [7, 11) is 0. The van der Waals surface area contributed by atoms with Crippen LogP contribution in [-0.2, 0) is 0 Å². The second-order valence-electron chi connectivity index (χ2n) is 11.2. The third-order valence-electron chi connectivity index (χ3n) is 8.68. The maximum absolute atomic E-state index is 6.56. The number of nitrogens with zero attached hydrogens (tertiary/aromatic N) is 6. The van der Waals surface area contributed by atoms with Crippen molar-refractivity contribution >= 4 is 45.9 Å². The number of tetrazole rings is 1. The maximum atomic E-state index is 6.56. The topological polar surface area (TPSA) is 96.6 Å².